The van der Waals surface area contributed by atoms with E-state index in [0.717, 1.165) is 30.5 Å². The lowest BCUT2D eigenvalue weighted by Crippen LogP contribution is -2.50. The number of benzene rings is 2. The summed E-state index contributed by atoms with van der Waals surface area (Å²) < 4.78 is 50.4. The van der Waals surface area contributed by atoms with E-state index in [0.29, 0.717) is 41.2 Å². The summed E-state index contributed by atoms with van der Waals surface area (Å²) in [6.07, 6.45) is 6.02. The third-order valence-electron chi connectivity index (χ3n) is 7.27. The van der Waals surface area contributed by atoms with Crippen molar-refractivity contribution >= 4 is 5.91 Å². The molecule has 1 amide bonds. The zero-order valence-corrected chi connectivity index (χ0v) is 20.2. The summed E-state index contributed by atoms with van der Waals surface area (Å²) in [6.45, 7) is 0. The molecule has 0 radical (unpaired) electrons. The Balaban J connectivity index is 1.45. The minimum atomic E-state index is -1.50. The van der Waals surface area contributed by atoms with Crippen molar-refractivity contribution < 1.29 is 22.7 Å². The number of ether oxygens (including phenoxy) is 1. The highest BCUT2D eigenvalue weighted by atomic mass is 19.2. The van der Waals surface area contributed by atoms with Crippen LogP contribution < -0.4 is 4.74 Å². The molecular weight excluding hydrogens is 485 g/mol. The molecule has 2 aliphatic heterocycles. The van der Waals surface area contributed by atoms with Gasteiger partial charge >= 0.3 is 0 Å². The maximum atomic E-state index is 14.1. The van der Waals surface area contributed by atoms with Crippen molar-refractivity contribution in [1.82, 2.24) is 29.7 Å². The van der Waals surface area contributed by atoms with E-state index in [1.807, 2.05) is 4.90 Å². The Morgan fingerprint density at radius 2 is 1.92 bits per heavy atom. The number of amides is 1. The Morgan fingerprint density at radius 1 is 1.14 bits per heavy atom. The van der Waals surface area contributed by atoms with Crippen LogP contribution in [0.2, 0.25) is 0 Å². The van der Waals surface area contributed by atoms with E-state index in [4.69, 9.17) is 9.84 Å². The second kappa shape index (κ2) is 8.75. The van der Waals surface area contributed by atoms with Crippen LogP contribution in [0.3, 0.4) is 0 Å². The van der Waals surface area contributed by atoms with E-state index >= 15 is 0 Å². The second-order valence-corrected chi connectivity index (χ2v) is 9.31. The second-order valence-electron chi connectivity index (χ2n) is 9.31. The molecule has 190 valence electrons. The highest BCUT2D eigenvalue weighted by molar-refractivity contribution is 5.99. The third kappa shape index (κ3) is 3.59. The monoisotopic (exact) mass is 508 g/mol. The van der Waals surface area contributed by atoms with Gasteiger partial charge in [-0.1, -0.05) is 11.3 Å². The zero-order valence-electron chi connectivity index (χ0n) is 20.2. The van der Waals surface area contributed by atoms with E-state index < -0.39 is 17.5 Å². The van der Waals surface area contributed by atoms with Gasteiger partial charge in [-0.05, 0) is 49.9 Å². The largest absolute Gasteiger partial charge is 0.494 e. The van der Waals surface area contributed by atoms with Crippen molar-refractivity contribution in [2.75, 3.05) is 7.11 Å². The van der Waals surface area contributed by atoms with Crippen molar-refractivity contribution in [2.45, 2.75) is 37.8 Å². The van der Waals surface area contributed by atoms with Gasteiger partial charge in [0.1, 0.15) is 11.4 Å². The standard InChI is InChI=1S/C26H23F3N6O2/c1-33-24(14-11-18(27)22(29)19(28)12-14)17-13-15-5-3-7-20(23(17)31-33)35(15)26(36)16-6-4-8-21(37-2)25(16)34-10-9-30-32-34/h4,6,8-12,15,20H,3,5,7,13H2,1-2H3. The first-order chi connectivity index (χ1) is 17.9. The van der Waals surface area contributed by atoms with Gasteiger partial charge in [-0.2, -0.15) is 5.10 Å². The molecule has 6 rings (SSSR count). The molecule has 4 heterocycles. The zero-order chi connectivity index (χ0) is 25.8. The van der Waals surface area contributed by atoms with Crippen LogP contribution in [0.15, 0.2) is 42.7 Å². The van der Waals surface area contributed by atoms with Gasteiger partial charge in [0, 0.05) is 24.2 Å². The quantitative estimate of drug-likeness (QED) is 0.382. The van der Waals surface area contributed by atoms with E-state index in [1.165, 1.54) is 18.0 Å². The number of fused-ring (bicyclic) bond motifs is 4. The summed E-state index contributed by atoms with van der Waals surface area (Å²) >= 11 is 0. The van der Waals surface area contributed by atoms with Crippen molar-refractivity contribution in [1.29, 1.82) is 0 Å². The third-order valence-corrected chi connectivity index (χ3v) is 7.27. The van der Waals surface area contributed by atoms with Gasteiger partial charge < -0.3 is 9.64 Å². The van der Waals surface area contributed by atoms with Gasteiger partial charge in [-0.3, -0.25) is 9.48 Å². The molecule has 0 spiro atoms. The lowest BCUT2D eigenvalue weighted by atomic mass is 9.81. The first-order valence-corrected chi connectivity index (χ1v) is 12.0. The molecular formula is C26H23F3N6O2. The molecule has 2 aromatic heterocycles. The molecule has 2 aliphatic rings. The maximum Gasteiger partial charge on any atom is 0.257 e. The first-order valence-electron chi connectivity index (χ1n) is 12.0. The Morgan fingerprint density at radius 3 is 2.62 bits per heavy atom. The van der Waals surface area contributed by atoms with Gasteiger partial charge in [0.05, 0.1) is 42.5 Å². The average molecular weight is 509 g/mol. The number of carbonyl (C=O) groups is 1. The maximum absolute atomic E-state index is 14.1. The average Bonchev–Trinajstić information content (AvgIpc) is 3.53. The van der Waals surface area contributed by atoms with Crippen LogP contribution in [0.4, 0.5) is 13.2 Å². The minimum Gasteiger partial charge on any atom is -0.494 e. The molecule has 0 saturated carbocycles. The molecule has 1 fully saturated rings. The molecule has 2 unspecified atom stereocenters. The van der Waals surface area contributed by atoms with E-state index in [-0.39, 0.29) is 23.6 Å². The Hall–Kier alpha value is -4.15. The van der Waals surface area contributed by atoms with Crippen molar-refractivity contribution in [3.63, 3.8) is 0 Å². The number of aryl methyl sites for hydroxylation is 1. The summed E-state index contributed by atoms with van der Waals surface area (Å²) in [7, 11) is 3.22. The van der Waals surface area contributed by atoms with Crippen LogP contribution in [-0.2, 0) is 13.5 Å². The van der Waals surface area contributed by atoms with E-state index in [1.54, 1.807) is 36.1 Å². The van der Waals surface area contributed by atoms with Crippen molar-refractivity contribution in [3.05, 3.63) is 77.0 Å². The van der Waals surface area contributed by atoms with Crippen molar-refractivity contribution in [2.24, 2.45) is 7.05 Å². The van der Waals surface area contributed by atoms with Crippen LogP contribution in [0, 0.1) is 17.5 Å². The highest BCUT2D eigenvalue weighted by Crippen LogP contribution is 2.45. The number of rotatable bonds is 4. The fraction of sp³-hybridized carbons (Fsp3) is 0.308. The molecule has 2 atom stereocenters. The Labute approximate surface area is 210 Å². The molecule has 0 N–H and O–H groups in total. The number of aromatic nitrogens is 5. The molecule has 1 saturated heterocycles. The number of hydrogen-bond acceptors (Lipinski definition) is 5. The fourth-order valence-corrected chi connectivity index (χ4v) is 5.76. The van der Waals surface area contributed by atoms with E-state index in [2.05, 4.69) is 10.3 Å². The smallest absolute Gasteiger partial charge is 0.257 e. The summed E-state index contributed by atoms with van der Waals surface area (Å²) in [4.78, 5) is 16.0. The summed E-state index contributed by atoms with van der Waals surface area (Å²) in [6, 6.07) is 6.77. The van der Waals surface area contributed by atoms with Gasteiger partial charge in [0.25, 0.3) is 5.91 Å². The van der Waals surface area contributed by atoms with E-state index in [9.17, 15) is 18.0 Å². The number of carbonyl (C=O) groups excluding carboxylic acids is 1. The summed E-state index contributed by atoms with van der Waals surface area (Å²) in [5.74, 6) is -3.71. The van der Waals surface area contributed by atoms with Gasteiger partial charge in [-0.15, -0.1) is 5.10 Å². The number of nitrogens with zero attached hydrogens (tertiary/aromatic N) is 6. The molecule has 2 aromatic carbocycles. The molecule has 0 aliphatic carbocycles. The Bertz CT molecular complexity index is 1490. The predicted octanol–water partition coefficient (Wildman–Crippen LogP) is 4.39. The molecule has 4 aromatic rings. The lowest BCUT2D eigenvalue weighted by Gasteiger charge is -2.45. The molecule has 2 bridgehead atoms. The molecule has 37 heavy (non-hydrogen) atoms. The Kier molecular flexibility index (Phi) is 5.50. The van der Waals surface area contributed by atoms with Crippen LogP contribution in [-0.4, -0.2) is 48.7 Å². The van der Waals surface area contributed by atoms with Crippen LogP contribution in [0.25, 0.3) is 16.9 Å². The predicted molar refractivity (Wildman–Crippen MR) is 127 cm³/mol. The minimum absolute atomic E-state index is 0.147. The lowest BCUT2D eigenvalue weighted by molar-refractivity contribution is 0.0391. The summed E-state index contributed by atoms with van der Waals surface area (Å²) in [5.41, 5.74) is 3.18. The number of hydrogen-bond donors (Lipinski definition) is 0. The highest BCUT2D eigenvalue weighted by Gasteiger charge is 2.44. The van der Waals surface area contributed by atoms with Crippen LogP contribution in [0.5, 0.6) is 5.75 Å². The van der Waals surface area contributed by atoms with Gasteiger partial charge in [0.2, 0.25) is 0 Å². The van der Waals surface area contributed by atoms with Gasteiger partial charge in [-0.25, -0.2) is 17.9 Å². The topological polar surface area (TPSA) is 78.1 Å². The number of methoxy groups -OCH3 is 1. The summed E-state index contributed by atoms with van der Waals surface area (Å²) in [5, 5.41) is 12.6. The fourth-order valence-electron chi connectivity index (χ4n) is 5.76. The normalized spacial score (nSPS) is 18.6. The SMILES string of the molecule is COc1cccc(C(=O)N2C3CCCC2c2nn(C)c(-c4cc(F)c(F)c(F)c4)c2C3)c1-n1ccnn1. The number of para-hydroxylation sites is 1. The molecule has 8 nitrogen and oxygen atoms in total. The number of halogens is 3. The number of piperidine rings is 1. The van der Waals surface area contributed by atoms with Gasteiger partial charge in [0.15, 0.2) is 17.5 Å². The van der Waals surface area contributed by atoms with Crippen molar-refractivity contribution in [3.8, 4) is 22.7 Å². The van der Waals surface area contributed by atoms with Crippen LogP contribution in [0.1, 0.15) is 46.9 Å². The first kappa shape index (κ1) is 23.3. The molecule has 11 heteroatoms. The van der Waals surface area contributed by atoms with Crippen LogP contribution >= 0.6 is 0 Å².